The predicted octanol–water partition coefficient (Wildman–Crippen LogP) is 5.49. The second-order valence-electron chi connectivity index (χ2n) is 7.63. The summed E-state index contributed by atoms with van der Waals surface area (Å²) in [5.74, 6) is -1.71. The fourth-order valence-corrected chi connectivity index (χ4v) is 3.99. The number of nitrogens with zero attached hydrogens (tertiary/aromatic N) is 2. The zero-order valence-corrected chi connectivity index (χ0v) is 20.9. The molecular formula is C27H22ClFN2O6. The monoisotopic (exact) mass is 524 g/mol. The predicted molar refractivity (Wildman–Crippen MR) is 134 cm³/mol. The lowest BCUT2D eigenvalue weighted by molar-refractivity contribution is 0.0549. The largest absolute Gasteiger partial charge is 0.493 e. The van der Waals surface area contributed by atoms with Gasteiger partial charge >= 0.3 is 11.9 Å². The minimum Gasteiger partial charge on any atom is -0.493 e. The van der Waals surface area contributed by atoms with Crippen molar-refractivity contribution in [1.29, 1.82) is 0 Å². The van der Waals surface area contributed by atoms with Gasteiger partial charge in [-0.15, -0.1) is 0 Å². The Morgan fingerprint density at radius 2 is 1.62 bits per heavy atom. The molecule has 4 rings (SSSR count). The molecule has 4 aromatic rings. The van der Waals surface area contributed by atoms with E-state index in [1.807, 2.05) is 0 Å². The van der Waals surface area contributed by atoms with Gasteiger partial charge in [-0.1, -0.05) is 41.9 Å². The van der Waals surface area contributed by atoms with E-state index in [-0.39, 0.29) is 45.6 Å². The third kappa shape index (κ3) is 4.99. The smallest absolute Gasteiger partial charge is 0.357 e. The first-order valence-corrected chi connectivity index (χ1v) is 11.4. The van der Waals surface area contributed by atoms with Gasteiger partial charge in [-0.3, -0.25) is 0 Å². The molecule has 0 aliphatic rings. The molecule has 1 aromatic heterocycles. The van der Waals surface area contributed by atoms with Gasteiger partial charge in [0, 0.05) is 11.1 Å². The summed E-state index contributed by atoms with van der Waals surface area (Å²) in [6.45, 7) is -0.240. The fraction of sp³-hybridized carbons (Fsp3) is 0.148. The average molecular weight is 525 g/mol. The number of esters is 2. The molecule has 0 N–H and O–H groups in total. The van der Waals surface area contributed by atoms with Crippen LogP contribution in [0.25, 0.3) is 16.9 Å². The van der Waals surface area contributed by atoms with Gasteiger partial charge in [0.15, 0.2) is 17.2 Å². The number of methoxy groups -OCH3 is 3. The molecule has 1 heterocycles. The Labute approximate surface area is 217 Å². The van der Waals surface area contributed by atoms with Crippen LogP contribution < -0.4 is 9.47 Å². The number of para-hydroxylation sites is 2. The van der Waals surface area contributed by atoms with Gasteiger partial charge in [0.25, 0.3) is 0 Å². The number of ether oxygens (including phenoxy) is 4. The molecule has 0 bridgehead atoms. The quantitative estimate of drug-likeness (QED) is 0.281. The van der Waals surface area contributed by atoms with Gasteiger partial charge in [0.1, 0.15) is 23.7 Å². The number of hydrogen-bond acceptors (Lipinski definition) is 7. The van der Waals surface area contributed by atoms with Crippen molar-refractivity contribution in [3.63, 3.8) is 0 Å². The van der Waals surface area contributed by atoms with Crippen molar-refractivity contribution in [3.05, 3.63) is 94.4 Å². The first kappa shape index (κ1) is 25.7. The van der Waals surface area contributed by atoms with Crippen molar-refractivity contribution < 1.29 is 32.9 Å². The summed E-state index contributed by atoms with van der Waals surface area (Å²) in [6.07, 6.45) is 0. The standard InChI is InChI=1S/C27H22ClFN2O6/c1-34-21-14-7-11-17(25(21)37-15-18-19(28)12-8-13-20(18)29)23-22(26(32)35-2)24(27(33)36-3)31(30-23)16-9-5-4-6-10-16/h4-14H,15H2,1-3H3. The molecule has 0 saturated heterocycles. The molecule has 37 heavy (non-hydrogen) atoms. The second kappa shape index (κ2) is 11.1. The number of carbonyl (C=O) groups excluding carboxylic acids is 2. The lowest BCUT2D eigenvalue weighted by Crippen LogP contribution is -2.15. The van der Waals surface area contributed by atoms with Crippen LogP contribution in [0.3, 0.4) is 0 Å². The van der Waals surface area contributed by atoms with Crippen LogP contribution in [0.2, 0.25) is 5.02 Å². The third-order valence-corrected chi connectivity index (χ3v) is 5.89. The number of carbonyl (C=O) groups is 2. The van der Waals surface area contributed by atoms with Gasteiger partial charge in [-0.2, -0.15) is 5.10 Å². The van der Waals surface area contributed by atoms with E-state index in [0.29, 0.717) is 11.3 Å². The number of hydrogen-bond donors (Lipinski definition) is 0. The SMILES string of the molecule is COC(=O)c1c(-c2cccc(OC)c2OCc2c(F)cccc2Cl)nn(-c2ccccc2)c1C(=O)OC. The lowest BCUT2D eigenvalue weighted by Gasteiger charge is -2.15. The number of rotatable bonds is 8. The first-order valence-electron chi connectivity index (χ1n) is 11.0. The molecule has 190 valence electrons. The molecule has 0 aliphatic carbocycles. The number of aromatic nitrogens is 2. The van der Waals surface area contributed by atoms with Crippen molar-refractivity contribution >= 4 is 23.5 Å². The maximum Gasteiger partial charge on any atom is 0.357 e. The molecule has 0 atom stereocenters. The Morgan fingerprint density at radius 1 is 0.919 bits per heavy atom. The Kier molecular flexibility index (Phi) is 7.74. The molecule has 0 unspecified atom stereocenters. The summed E-state index contributed by atoms with van der Waals surface area (Å²) in [4.78, 5) is 25.9. The molecule has 10 heteroatoms. The Morgan fingerprint density at radius 3 is 2.27 bits per heavy atom. The molecular weight excluding hydrogens is 503 g/mol. The zero-order chi connectivity index (χ0) is 26.5. The van der Waals surface area contributed by atoms with Crippen LogP contribution in [-0.4, -0.2) is 43.0 Å². The van der Waals surface area contributed by atoms with Crippen molar-refractivity contribution in [2.45, 2.75) is 6.61 Å². The van der Waals surface area contributed by atoms with Crippen molar-refractivity contribution in [2.24, 2.45) is 0 Å². The van der Waals surface area contributed by atoms with Crippen LogP contribution in [0.4, 0.5) is 4.39 Å². The summed E-state index contributed by atoms with van der Waals surface area (Å²) in [5, 5.41) is 4.78. The fourth-order valence-electron chi connectivity index (χ4n) is 3.77. The topological polar surface area (TPSA) is 88.9 Å². The molecule has 0 spiro atoms. The molecule has 0 fully saturated rings. The summed E-state index contributed by atoms with van der Waals surface area (Å²) in [7, 11) is 3.82. The van der Waals surface area contributed by atoms with E-state index in [1.54, 1.807) is 54.6 Å². The van der Waals surface area contributed by atoms with Crippen LogP contribution in [0.5, 0.6) is 11.5 Å². The summed E-state index contributed by atoms with van der Waals surface area (Å²) < 4.78 is 37.2. The lowest BCUT2D eigenvalue weighted by atomic mass is 10.0. The van der Waals surface area contributed by atoms with Gasteiger partial charge in [0.05, 0.1) is 32.0 Å². The highest BCUT2D eigenvalue weighted by molar-refractivity contribution is 6.31. The number of halogens is 2. The Balaban J connectivity index is 1.95. The summed E-state index contributed by atoms with van der Waals surface area (Å²) in [5.41, 5.74) is 0.737. The van der Waals surface area contributed by atoms with Crippen LogP contribution >= 0.6 is 11.6 Å². The van der Waals surface area contributed by atoms with Crippen LogP contribution in [-0.2, 0) is 16.1 Å². The summed E-state index contributed by atoms with van der Waals surface area (Å²) >= 11 is 6.18. The maximum absolute atomic E-state index is 14.4. The highest BCUT2D eigenvalue weighted by Gasteiger charge is 2.33. The van der Waals surface area contributed by atoms with Crippen LogP contribution in [0, 0.1) is 5.82 Å². The number of benzene rings is 3. The van der Waals surface area contributed by atoms with Crippen LogP contribution in [0.15, 0.2) is 66.7 Å². The van der Waals surface area contributed by atoms with Crippen LogP contribution in [0.1, 0.15) is 26.4 Å². The van der Waals surface area contributed by atoms with E-state index in [2.05, 4.69) is 5.10 Å². The third-order valence-electron chi connectivity index (χ3n) is 5.53. The minimum absolute atomic E-state index is 0.0737. The van der Waals surface area contributed by atoms with Gasteiger partial charge < -0.3 is 18.9 Å². The molecule has 3 aromatic carbocycles. The highest BCUT2D eigenvalue weighted by Crippen LogP contribution is 2.41. The van der Waals surface area contributed by atoms with E-state index in [4.69, 9.17) is 30.5 Å². The normalized spacial score (nSPS) is 10.6. The zero-order valence-electron chi connectivity index (χ0n) is 20.2. The Hall–Kier alpha value is -4.37. The molecule has 8 nitrogen and oxygen atoms in total. The van der Waals surface area contributed by atoms with E-state index in [1.165, 1.54) is 38.1 Å². The minimum atomic E-state index is -0.816. The first-order chi connectivity index (χ1) is 17.9. The molecule has 0 amide bonds. The van der Waals surface area contributed by atoms with E-state index in [0.717, 1.165) is 0 Å². The molecule has 0 saturated carbocycles. The van der Waals surface area contributed by atoms with Crippen molar-refractivity contribution in [2.75, 3.05) is 21.3 Å². The van der Waals surface area contributed by atoms with Gasteiger partial charge in [0.2, 0.25) is 0 Å². The maximum atomic E-state index is 14.4. The van der Waals surface area contributed by atoms with Crippen molar-refractivity contribution in [3.8, 4) is 28.4 Å². The second-order valence-corrected chi connectivity index (χ2v) is 8.04. The highest BCUT2D eigenvalue weighted by atomic mass is 35.5. The van der Waals surface area contributed by atoms with Crippen molar-refractivity contribution in [1.82, 2.24) is 9.78 Å². The van der Waals surface area contributed by atoms with Gasteiger partial charge in [-0.05, 0) is 36.4 Å². The van der Waals surface area contributed by atoms with E-state index in [9.17, 15) is 14.0 Å². The Bertz CT molecular complexity index is 1430. The van der Waals surface area contributed by atoms with Gasteiger partial charge in [-0.25, -0.2) is 18.7 Å². The van der Waals surface area contributed by atoms with E-state index >= 15 is 0 Å². The summed E-state index contributed by atoms with van der Waals surface area (Å²) in [6, 6.07) is 18.0. The van der Waals surface area contributed by atoms with E-state index < -0.39 is 17.8 Å². The molecule has 0 aliphatic heterocycles. The average Bonchev–Trinajstić information content (AvgIpc) is 3.32. The molecule has 0 radical (unpaired) electrons.